The Hall–Kier alpha value is -1.63. The van der Waals surface area contributed by atoms with Crippen molar-refractivity contribution >= 4 is 6.03 Å². The second kappa shape index (κ2) is 7.77. The topological polar surface area (TPSA) is 83.3 Å². The molecule has 2 heterocycles. The highest BCUT2D eigenvalue weighted by Gasteiger charge is 2.28. The average molecular weight is 323 g/mol. The highest BCUT2D eigenvalue weighted by atomic mass is 16.5. The Kier molecular flexibility index (Phi) is 5.98. The maximum absolute atomic E-state index is 12.2. The normalized spacial score (nSPS) is 17.7. The van der Waals surface area contributed by atoms with Gasteiger partial charge in [0.05, 0.1) is 6.04 Å². The van der Waals surface area contributed by atoms with E-state index in [4.69, 9.17) is 4.52 Å². The molecule has 2 rings (SSSR count). The number of carbonyl (C=O) groups excluding carboxylic acids is 1. The van der Waals surface area contributed by atoms with Gasteiger partial charge in [0.15, 0.2) is 5.82 Å². The summed E-state index contributed by atoms with van der Waals surface area (Å²) in [6.45, 7) is 10.9. The number of carbonyl (C=O) groups is 1. The van der Waals surface area contributed by atoms with Gasteiger partial charge in [0.25, 0.3) is 0 Å². The van der Waals surface area contributed by atoms with E-state index in [1.165, 1.54) is 19.3 Å². The Balaban J connectivity index is 1.83. The number of nitrogens with zero attached hydrogens (tertiary/aromatic N) is 3. The molecular formula is C16H29N5O2. The van der Waals surface area contributed by atoms with Gasteiger partial charge in [-0.05, 0) is 46.2 Å². The van der Waals surface area contributed by atoms with Crippen LogP contribution in [0.25, 0.3) is 0 Å². The fraction of sp³-hybridized carbons (Fsp3) is 0.812. The molecule has 1 fully saturated rings. The Morgan fingerprint density at radius 2 is 2.04 bits per heavy atom. The third-order valence-corrected chi connectivity index (χ3v) is 4.46. The zero-order chi connectivity index (χ0) is 16.9. The van der Waals surface area contributed by atoms with Gasteiger partial charge in [-0.2, -0.15) is 4.98 Å². The van der Waals surface area contributed by atoms with Crippen LogP contribution in [0.1, 0.15) is 64.2 Å². The summed E-state index contributed by atoms with van der Waals surface area (Å²) in [6.07, 6.45) is 4.50. The van der Waals surface area contributed by atoms with Crippen LogP contribution < -0.4 is 10.6 Å². The number of piperidine rings is 1. The summed E-state index contributed by atoms with van der Waals surface area (Å²) in [5, 5.41) is 9.79. The number of nitrogens with one attached hydrogen (secondary N) is 2. The first-order chi connectivity index (χ1) is 10.9. The van der Waals surface area contributed by atoms with Crippen LogP contribution in [0.2, 0.25) is 0 Å². The van der Waals surface area contributed by atoms with Crippen molar-refractivity contribution in [2.24, 2.45) is 0 Å². The molecule has 0 radical (unpaired) electrons. The first-order valence-corrected chi connectivity index (χ1v) is 8.52. The van der Waals surface area contributed by atoms with Crippen LogP contribution in [0.15, 0.2) is 4.52 Å². The highest BCUT2D eigenvalue weighted by Crippen LogP contribution is 2.20. The average Bonchev–Trinajstić information content (AvgIpc) is 2.98. The summed E-state index contributed by atoms with van der Waals surface area (Å²) in [6, 6.07) is -0.421. The van der Waals surface area contributed by atoms with Crippen LogP contribution in [0.5, 0.6) is 0 Å². The molecule has 1 aromatic heterocycles. The number of likely N-dealkylation sites (tertiary alicyclic amines) is 1. The minimum atomic E-state index is -0.231. The predicted molar refractivity (Wildman–Crippen MR) is 88.1 cm³/mol. The number of aromatic nitrogens is 2. The van der Waals surface area contributed by atoms with Gasteiger partial charge < -0.3 is 15.2 Å². The molecule has 7 heteroatoms. The number of amides is 2. The van der Waals surface area contributed by atoms with Crippen LogP contribution in [0.4, 0.5) is 4.79 Å². The van der Waals surface area contributed by atoms with Gasteiger partial charge in [0.2, 0.25) is 5.89 Å². The Morgan fingerprint density at radius 3 is 2.61 bits per heavy atom. The van der Waals surface area contributed by atoms with Crippen molar-refractivity contribution in [3.63, 3.8) is 0 Å². The number of aryl methyl sites for hydroxylation is 1. The van der Waals surface area contributed by atoms with E-state index in [2.05, 4.69) is 39.5 Å². The predicted octanol–water partition coefficient (Wildman–Crippen LogP) is 2.39. The Morgan fingerprint density at radius 1 is 1.35 bits per heavy atom. The van der Waals surface area contributed by atoms with Gasteiger partial charge in [0.1, 0.15) is 0 Å². The minimum absolute atomic E-state index is 0.0395. The maximum Gasteiger partial charge on any atom is 0.315 e. The third-order valence-electron chi connectivity index (χ3n) is 4.46. The Bertz CT molecular complexity index is 508. The zero-order valence-electron chi connectivity index (χ0n) is 14.7. The second-order valence-corrected chi connectivity index (χ2v) is 6.82. The standard InChI is InChI=1S/C16H29N5O2/c1-5-13(14-18-12(2)23-20-14)19-15(22)17-11-16(3,4)21-9-7-6-8-10-21/h13H,5-11H2,1-4H3,(H2,17,19,22)/t13-/m0/s1. The van der Waals surface area contributed by atoms with E-state index >= 15 is 0 Å². The van der Waals surface area contributed by atoms with Crippen LogP contribution in [-0.4, -0.2) is 46.2 Å². The second-order valence-electron chi connectivity index (χ2n) is 6.82. The van der Waals surface area contributed by atoms with Crippen LogP contribution >= 0.6 is 0 Å². The summed E-state index contributed by atoms with van der Waals surface area (Å²) in [5.74, 6) is 1.03. The molecule has 2 N–H and O–H groups in total. The van der Waals surface area contributed by atoms with Gasteiger partial charge in [-0.1, -0.05) is 18.5 Å². The molecule has 23 heavy (non-hydrogen) atoms. The van der Waals surface area contributed by atoms with Crippen molar-refractivity contribution in [3.05, 3.63) is 11.7 Å². The van der Waals surface area contributed by atoms with E-state index in [0.717, 1.165) is 13.1 Å². The van der Waals surface area contributed by atoms with E-state index in [0.29, 0.717) is 24.7 Å². The first-order valence-electron chi connectivity index (χ1n) is 8.52. The third kappa shape index (κ3) is 4.92. The van der Waals surface area contributed by atoms with Crippen molar-refractivity contribution in [3.8, 4) is 0 Å². The van der Waals surface area contributed by atoms with Gasteiger partial charge in [-0.25, -0.2) is 4.79 Å². The summed E-state index contributed by atoms with van der Waals surface area (Å²) >= 11 is 0. The number of hydrogen-bond donors (Lipinski definition) is 2. The van der Waals surface area contributed by atoms with Crippen molar-refractivity contribution in [1.29, 1.82) is 0 Å². The van der Waals surface area contributed by atoms with Gasteiger partial charge in [-0.15, -0.1) is 0 Å². The van der Waals surface area contributed by atoms with Crippen molar-refractivity contribution < 1.29 is 9.32 Å². The molecule has 0 unspecified atom stereocenters. The van der Waals surface area contributed by atoms with E-state index in [1.54, 1.807) is 6.92 Å². The minimum Gasteiger partial charge on any atom is -0.340 e. The van der Waals surface area contributed by atoms with Crippen LogP contribution in [0.3, 0.4) is 0 Å². The molecule has 0 aromatic carbocycles. The van der Waals surface area contributed by atoms with E-state index in [-0.39, 0.29) is 17.6 Å². The summed E-state index contributed by atoms with van der Waals surface area (Å²) in [7, 11) is 0. The summed E-state index contributed by atoms with van der Waals surface area (Å²) in [5.41, 5.74) is -0.0395. The van der Waals surface area contributed by atoms with E-state index in [9.17, 15) is 4.79 Å². The fourth-order valence-corrected chi connectivity index (χ4v) is 2.92. The molecule has 7 nitrogen and oxygen atoms in total. The summed E-state index contributed by atoms with van der Waals surface area (Å²) in [4.78, 5) is 18.8. The van der Waals surface area contributed by atoms with Crippen molar-refractivity contribution in [2.75, 3.05) is 19.6 Å². The molecule has 1 saturated heterocycles. The molecule has 0 saturated carbocycles. The molecule has 1 aliphatic heterocycles. The van der Waals surface area contributed by atoms with E-state index < -0.39 is 0 Å². The van der Waals surface area contributed by atoms with Gasteiger partial charge in [-0.3, -0.25) is 4.90 Å². The SMILES string of the molecule is CC[C@H](NC(=O)NCC(C)(C)N1CCCCC1)c1noc(C)n1. The van der Waals surface area contributed by atoms with Gasteiger partial charge >= 0.3 is 6.03 Å². The van der Waals surface area contributed by atoms with Crippen molar-refractivity contribution in [2.45, 2.75) is 65.0 Å². The lowest BCUT2D eigenvalue weighted by molar-refractivity contribution is 0.0958. The van der Waals surface area contributed by atoms with Crippen molar-refractivity contribution in [1.82, 2.24) is 25.7 Å². The summed E-state index contributed by atoms with van der Waals surface area (Å²) < 4.78 is 4.98. The zero-order valence-corrected chi connectivity index (χ0v) is 14.7. The lowest BCUT2D eigenvalue weighted by atomic mass is 9.98. The fourth-order valence-electron chi connectivity index (χ4n) is 2.92. The lowest BCUT2D eigenvalue weighted by Crippen LogP contribution is -2.54. The molecular weight excluding hydrogens is 294 g/mol. The van der Waals surface area contributed by atoms with Gasteiger partial charge in [0, 0.05) is 19.0 Å². The Labute approximate surface area is 138 Å². The lowest BCUT2D eigenvalue weighted by Gasteiger charge is -2.41. The molecule has 1 aromatic rings. The number of hydrogen-bond acceptors (Lipinski definition) is 5. The molecule has 2 amide bonds. The number of rotatable bonds is 6. The molecule has 0 spiro atoms. The quantitative estimate of drug-likeness (QED) is 0.840. The molecule has 1 aliphatic rings. The smallest absolute Gasteiger partial charge is 0.315 e. The van der Waals surface area contributed by atoms with Crippen LogP contribution in [-0.2, 0) is 0 Å². The number of urea groups is 1. The maximum atomic E-state index is 12.2. The largest absolute Gasteiger partial charge is 0.340 e. The molecule has 130 valence electrons. The molecule has 0 aliphatic carbocycles. The van der Waals surface area contributed by atoms with E-state index in [1.807, 2.05) is 6.92 Å². The van der Waals surface area contributed by atoms with Crippen LogP contribution in [0, 0.1) is 6.92 Å². The molecule has 0 bridgehead atoms. The first kappa shape index (κ1) is 17.7. The monoisotopic (exact) mass is 323 g/mol. The molecule has 1 atom stereocenters. The highest BCUT2D eigenvalue weighted by molar-refractivity contribution is 5.74.